The lowest BCUT2D eigenvalue weighted by Crippen LogP contribution is -2.09. The van der Waals surface area contributed by atoms with E-state index in [2.05, 4.69) is 6.92 Å². The van der Waals surface area contributed by atoms with E-state index in [4.69, 9.17) is 34.3 Å². The van der Waals surface area contributed by atoms with Gasteiger partial charge in [-0.05, 0) is 24.6 Å². The van der Waals surface area contributed by atoms with E-state index in [1.807, 2.05) is 12.1 Å². The Kier molecular flexibility index (Phi) is 9.44. The number of thiocarbonyl (C=S) groups is 1. The Morgan fingerprint density at radius 3 is 2.29 bits per heavy atom. The Morgan fingerprint density at radius 1 is 1.10 bits per heavy atom. The maximum Gasteiger partial charge on any atom is 0.137 e. The van der Waals surface area contributed by atoms with Crippen molar-refractivity contribution in [1.29, 1.82) is 0 Å². The summed E-state index contributed by atoms with van der Waals surface area (Å²) in [6.07, 6.45) is 10.3. The SMILES string of the molecule is CCCCCCCCCCOc1ccc(C(N)=S)cc1Cl. The maximum absolute atomic E-state index is 6.14. The minimum atomic E-state index is 0.353. The molecule has 4 heteroatoms. The summed E-state index contributed by atoms with van der Waals surface area (Å²) in [4.78, 5) is 0.353. The first-order valence-electron chi connectivity index (χ1n) is 7.87. The molecule has 2 nitrogen and oxygen atoms in total. The van der Waals surface area contributed by atoms with Crippen molar-refractivity contribution < 1.29 is 4.74 Å². The second kappa shape index (κ2) is 10.9. The van der Waals surface area contributed by atoms with Crippen LogP contribution in [0.3, 0.4) is 0 Å². The quantitative estimate of drug-likeness (QED) is 0.431. The van der Waals surface area contributed by atoms with Crippen LogP contribution in [0.2, 0.25) is 5.02 Å². The first-order valence-corrected chi connectivity index (χ1v) is 8.66. The average molecular weight is 328 g/mol. The summed E-state index contributed by atoms with van der Waals surface area (Å²) in [6.45, 7) is 2.96. The van der Waals surface area contributed by atoms with Gasteiger partial charge in [-0.3, -0.25) is 0 Å². The molecule has 1 rings (SSSR count). The predicted molar refractivity (Wildman–Crippen MR) is 95.4 cm³/mol. The van der Waals surface area contributed by atoms with Crippen LogP contribution in [-0.2, 0) is 0 Å². The molecule has 0 aliphatic rings. The van der Waals surface area contributed by atoms with Crippen LogP contribution < -0.4 is 10.5 Å². The van der Waals surface area contributed by atoms with E-state index in [1.54, 1.807) is 6.07 Å². The Morgan fingerprint density at radius 2 is 1.71 bits per heavy atom. The highest BCUT2D eigenvalue weighted by atomic mass is 35.5. The number of rotatable bonds is 11. The van der Waals surface area contributed by atoms with Gasteiger partial charge in [0.1, 0.15) is 10.7 Å². The number of unbranched alkanes of at least 4 members (excludes halogenated alkanes) is 7. The van der Waals surface area contributed by atoms with E-state index in [-0.39, 0.29) is 0 Å². The standard InChI is InChI=1S/C17H26ClNOS/c1-2-3-4-5-6-7-8-9-12-20-16-11-10-14(17(19)21)13-15(16)18/h10-11,13H,2-9,12H2,1H3,(H2,19,21). The lowest BCUT2D eigenvalue weighted by atomic mass is 10.1. The molecule has 1 aromatic carbocycles. The molecule has 0 unspecified atom stereocenters. The molecule has 0 saturated carbocycles. The highest BCUT2D eigenvalue weighted by Gasteiger charge is 2.04. The van der Waals surface area contributed by atoms with E-state index in [0.29, 0.717) is 22.4 Å². The fourth-order valence-electron chi connectivity index (χ4n) is 2.19. The monoisotopic (exact) mass is 327 g/mol. The zero-order valence-corrected chi connectivity index (χ0v) is 14.4. The van der Waals surface area contributed by atoms with Crippen molar-refractivity contribution in [2.24, 2.45) is 5.73 Å². The highest BCUT2D eigenvalue weighted by Crippen LogP contribution is 2.25. The molecular weight excluding hydrogens is 302 g/mol. The number of benzene rings is 1. The third kappa shape index (κ3) is 7.68. The molecule has 0 aromatic heterocycles. The summed E-state index contributed by atoms with van der Waals surface area (Å²) in [5.41, 5.74) is 6.34. The van der Waals surface area contributed by atoms with Crippen molar-refractivity contribution in [2.45, 2.75) is 58.3 Å². The molecule has 0 spiro atoms. The van der Waals surface area contributed by atoms with E-state index >= 15 is 0 Å². The van der Waals surface area contributed by atoms with Gasteiger partial charge in [-0.2, -0.15) is 0 Å². The summed E-state index contributed by atoms with van der Waals surface area (Å²) in [5.74, 6) is 0.708. The molecule has 0 amide bonds. The van der Waals surface area contributed by atoms with Gasteiger partial charge in [-0.25, -0.2) is 0 Å². The minimum absolute atomic E-state index is 0.353. The Balaban J connectivity index is 2.14. The van der Waals surface area contributed by atoms with Gasteiger partial charge < -0.3 is 10.5 Å². The largest absolute Gasteiger partial charge is 0.492 e. The van der Waals surface area contributed by atoms with Crippen molar-refractivity contribution in [3.8, 4) is 5.75 Å². The topological polar surface area (TPSA) is 35.2 Å². The van der Waals surface area contributed by atoms with Crippen LogP contribution in [0.25, 0.3) is 0 Å². The first-order chi connectivity index (χ1) is 10.1. The molecule has 0 bridgehead atoms. The third-order valence-corrected chi connectivity index (χ3v) is 4.00. The molecular formula is C17H26ClNOS. The molecule has 1 aromatic rings. The number of halogens is 1. The summed E-state index contributed by atoms with van der Waals surface area (Å²) in [6, 6.07) is 5.44. The molecule has 2 N–H and O–H groups in total. The molecule has 0 atom stereocenters. The van der Waals surface area contributed by atoms with Gasteiger partial charge >= 0.3 is 0 Å². The van der Waals surface area contributed by atoms with Crippen LogP contribution in [0.1, 0.15) is 63.9 Å². The summed E-state index contributed by atoms with van der Waals surface area (Å²) in [7, 11) is 0. The number of ether oxygens (including phenoxy) is 1. The Labute approximate surface area is 139 Å². The van der Waals surface area contributed by atoms with Gasteiger partial charge in [-0.15, -0.1) is 0 Å². The molecule has 0 saturated heterocycles. The Hall–Kier alpha value is -0.800. The molecule has 0 heterocycles. The van der Waals surface area contributed by atoms with Crippen LogP contribution in [-0.4, -0.2) is 11.6 Å². The van der Waals surface area contributed by atoms with E-state index in [0.717, 1.165) is 12.0 Å². The number of nitrogens with two attached hydrogens (primary N) is 1. The van der Waals surface area contributed by atoms with Gasteiger partial charge in [0.15, 0.2) is 0 Å². The normalized spacial score (nSPS) is 10.6. The Bertz CT molecular complexity index is 437. The van der Waals surface area contributed by atoms with Gasteiger partial charge in [-0.1, -0.05) is 75.7 Å². The van der Waals surface area contributed by atoms with Crippen molar-refractivity contribution in [2.75, 3.05) is 6.61 Å². The van der Waals surface area contributed by atoms with Gasteiger partial charge in [0, 0.05) is 5.56 Å². The van der Waals surface area contributed by atoms with Crippen LogP contribution in [0.4, 0.5) is 0 Å². The second-order valence-electron chi connectivity index (χ2n) is 5.33. The predicted octanol–water partition coefficient (Wildman–Crippen LogP) is 5.49. The fraction of sp³-hybridized carbons (Fsp3) is 0.588. The highest BCUT2D eigenvalue weighted by molar-refractivity contribution is 7.80. The van der Waals surface area contributed by atoms with Gasteiger partial charge in [0.25, 0.3) is 0 Å². The average Bonchev–Trinajstić information content (AvgIpc) is 2.46. The van der Waals surface area contributed by atoms with Crippen LogP contribution >= 0.6 is 23.8 Å². The number of hydrogen-bond acceptors (Lipinski definition) is 2. The van der Waals surface area contributed by atoms with Crippen LogP contribution in [0, 0.1) is 0 Å². The molecule has 0 aliphatic heterocycles. The minimum Gasteiger partial charge on any atom is -0.492 e. The van der Waals surface area contributed by atoms with Gasteiger partial charge in [0.2, 0.25) is 0 Å². The second-order valence-corrected chi connectivity index (χ2v) is 6.18. The van der Waals surface area contributed by atoms with Gasteiger partial charge in [0.05, 0.1) is 11.6 Å². The molecule has 21 heavy (non-hydrogen) atoms. The lowest BCUT2D eigenvalue weighted by molar-refractivity contribution is 0.304. The zero-order valence-electron chi connectivity index (χ0n) is 12.9. The van der Waals surface area contributed by atoms with Crippen molar-refractivity contribution in [3.05, 3.63) is 28.8 Å². The van der Waals surface area contributed by atoms with E-state index in [1.165, 1.54) is 44.9 Å². The molecule has 0 fully saturated rings. The smallest absolute Gasteiger partial charge is 0.137 e. The summed E-state index contributed by atoms with van der Waals surface area (Å²) in [5, 5.41) is 0.569. The van der Waals surface area contributed by atoms with E-state index < -0.39 is 0 Å². The van der Waals surface area contributed by atoms with Crippen LogP contribution in [0.15, 0.2) is 18.2 Å². The lowest BCUT2D eigenvalue weighted by Gasteiger charge is -2.09. The van der Waals surface area contributed by atoms with E-state index in [9.17, 15) is 0 Å². The fourth-order valence-corrected chi connectivity index (χ4v) is 2.55. The number of hydrogen-bond donors (Lipinski definition) is 1. The molecule has 0 aliphatic carbocycles. The van der Waals surface area contributed by atoms with Crippen molar-refractivity contribution in [3.63, 3.8) is 0 Å². The van der Waals surface area contributed by atoms with Crippen molar-refractivity contribution in [1.82, 2.24) is 0 Å². The summed E-state index contributed by atoms with van der Waals surface area (Å²) < 4.78 is 5.70. The maximum atomic E-state index is 6.14. The first kappa shape index (κ1) is 18.2. The molecule has 0 radical (unpaired) electrons. The third-order valence-electron chi connectivity index (χ3n) is 3.47. The van der Waals surface area contributed by atoms with Crippen molar-refractivity contribution >= 4 is 28.8 Å². The zero-order chi connectivity index (χ0) is 15.5. The summed E-state index contributed by atoms with van der Waals surface area (Å²) >= 11 is 11.1. The van der Waals surface area contributed by atoms with Crippen LogP contribution in [0.5, 0.6) is 5.75 Å². The molecule has 118 valence electrons.